The molecule has 0 saturated carbocycles. The number of H-pyrrole nitrogens is 1. The third kappa shape index (κ3) is 3.28. The smallest absolute Gasteiger partial charge is 0.0538 e. The molecule has 0 radical (unpaired) electrons. The fourth-order valence-electron chi connectivity index (χ4n) is 2.31. The first-order valence-corrected chi connectivity index (χ1v) is 6.81. The summed E-state index contributed by atoms with van der Waals surface area (Å²) in [5.74, 6) is 0. The first-order valence-electron chi connectivity index (χ1n) is 6.81. The van der Waals surface area contributed by atoms with Crippen LogP contribution in [0.2, 0.25) is 0 Å². The van der Waals surface area contributed by atoms with Gasteiger partial charge in [-0.05, 0) is 36.2 Å². The maximum absolute atomic E-state index is 5.97. The number of nitrogens with two attached hydrogens (primary N) is 1. The summed E-state index contributed by atoms with van der Waals surface area (Å²) in [7, 11) is 4.02. The van der Waals surface area contributed by atoms with Gasteiger partial charge in [-0.25, -0.2) is 0 Å². The maximum Gasteiger partial charge on any atom is 0.0538 e. The fraction of sp³-hybridized carbons (Fsp3) is 0.167. The molecule has 0 fully saturated rings. The van der Waals surface area contributed by atoms with Crippen LogP contribution in [-0.4, -0.2) is 24.0 Å². The highest BCUT2D eigenvalue weighted by Crippen LogP contribution is 2.30. The number of nitrogens with one attached hydrogen (secondary N) is 1. The molecule has 0 atom stereocenters. The normalized spacial score (nSPS) is 11.1. The Kier molecular flexibility index (Phi) is 4.36. The number of hydrogen-bond donors (Lipinski definition) is 2. The van der Waals surface area contributed by atoms with Gasteiger partial charge in [0.1, 0.15) is 0 Å². The lowest BCUT2D eigenvalue weighted by atomic mass is 9.94. The number of rotatable bonds is 4. The zero-order valence-electron chi connectivity index (χ0n) is 12.8. The van der Waals surface area contributed by atoms with Crippen LogP contribution in [0, 0.1) is 6.92 Å². The molecule has 0 spiro atoms. The Morgan fingerprint density at radius 2 is 2.05 bits per heavy atom. The van der Waals surface area contributed by atoms with Crippen molar-refractivity contribution < 1.29 is 0 Å². The molecule has 1 heterocycles. The predicted molar refractivity (Wildman–Crippen MR) is 90.8 cm³/mol. The number of aromatic nitrogens is 1. The summed E-state index contributed by atoms with van der Waals surface area (Å²) < 4.78 is 0. The quantitative estimate of drug-likeness (QED) is 0.663. The van der Waals surface area contributed by atoms with E-state index in [0.717, 1.165) is 28.1 Å². The van der Waals surface area contributed by atoms with Crippen LogP contribution in [0.25, 0.3) is 11.6 Å². The van der Waals surface area contributed by atoms with Crippen LogP contribution in [0.3, 0.4) is 0 Å². The molecule has 3 heteroatoms. The minimum atomic E-state index is 0.761. The molecule has 0 aliphatic heterocycles. The van der Waals surface area contributed by atoms with Crippen molar-refractivity contribution in [2.24, 2.45) is 0 Å². The van der Waals surface area contributed by atoms with E-state index in [1.165, 1.54) is 5.56 Å². The van der Waals surface area contributed by atoms with Gasteiger partial charge in [0.25, 0.3) is 0 Å². The Morgan fingerprint density at radius 3 is 2.71 bits per heavy atom. The van der Waals surface area contributed by atoms with Crippen LogP contribution < -0.4 is 5.73 Å². The van der Waals surface area contributed by atoms with E-state index < -0.39 is 0 Å². The number of benzene rings is 1. The van der Waals surface area contributed by atoms with Crippen LogP contribution >= 0.6 is 0 Å². The van der Waals surface area contributed by atoms with Crippen LogP contribution in [0.15, 0.2) is 49.0 Å². The molecule has 1 aromatic carbocycles. The Morgan fingerprint density at radius 1 is 1.29 bits per heavy atom. The molecule has 3 nitrogen and oxygen atoms in total. The van der Waals surface area contributed by atoms with Crippen molar-refractivity contribution in [3.8, 4) is 0 Å². The van der Waals surface area contributed by atoms with Gasteiger partial charge in [0.15, 0.2) is 0 Å². The molecule has 0 unspecified atom stereocenters. The molecule has 0 aliphatic rings. The Labute approximate surface area is 126 Å². The van der Waals surface area contributed by atoms with E-state index in [1.54, 1.807) is 0 Å². The van der Waals surface area contributed by atoms with Crippen LogP contribution in [0.5, 0.6) is 0 Å². The molecule has 1 aromatic heterocycles. The summed E-state index contributed by atoms with van der Waals surface area (Å²) >= 11 is 0. The van der Waals surface area contributed by atoms with E-state index in [2.05, 4.69) is 36.5 Å². The monoisotopic (exact) mass is 279 g/mol. The molecule has 3 N–H and O–H groups in total. The van der Waals surface area contributed by atoms with Crippen LogP contribution in [-0.2, 0) is 0 Å². The van der Waals surface area contributed by atoms with Crippen molar-refractivity contribution in [3.63, 3.8) is 0 Å². The fourth-order valence-corrected chi connectivity index (χ4v) is 2.31. The molecule has 0 aliphatic carbocycles. The molecular weight excluding hydrogens is 258 g/mol. The minimum Gasteiger partial charge on any atom is -0.399 e. The van der Waals surface area contributed by atoms with Gasteiger partial charge in [0, 0.05) is 49.4 Å². The van der Waals surface area contributed by atoms with Crippen molar-refractivity contribution in [2.75, 3.05) is 19.8 Å². The summed E-state index contributed by atoms with van der Waals surface area (Å²) in [5.41, 5.74) is 15.1. The number of hydrogen-bond acceptors (Lipinski definition) is 2. The molecule has 0 amide bonds. The third-order valence-electron chi connectivity index (χ3n) is 3.25. The highest BCUT2D eigenvalue weighted by atomic mass is 15.0. The number of aryl methyl sites for hydroxylation is 1. The summed E-state index contributed by atoms with van der Waals surface area (Å²) in [6, 6.07) is 8.04. The summed E-state index contributed by atoms with van der Waals surface area (Å²) in [4.78, 5) is 5.25. The summed E-state index contributed by atoms with van der Waals surface area (Å²) in [5, 5.41) is 0. The van der Waals surface area contributed by atoms with Crippen molar-refractivity contribution in [1.29, 1.82) is 0 Å². The van der Waals surface area contributed by atoms with Crippen LogP contribution in [0.1, 0.15) is 22.4 Å². The second-order valence-electron chi connectivity index (χ2n) is 5.23. The lowest BCUT2D eigenvalue weighted by Gasteiger charge is -2.15. The number of nitrogen functional groups attached to an aromatic ring is 1. The van der Waals surface area contributed by atoms with E-state index >= 15 is 0 Å². The number of aromatic amines is 1. The third-order valence-corrected chi connectivity index (χ3v) is 3.25. The predicted octanol–water partition coefficient (Wildman–Crippen LogP) is 3.65. The molecule has 108 valence electrons. The van der Waals surface area contributed by atoms with E-state index in [0.29, 0.717) is 0 Å². The van der Waals surface area contributed by atoms with Gasteiger partial charge in [-0.15, -0.1) is 5.73 Å². The van der Waals surface area contributed by atoms with E-state index in [4.69, 9.17) is 5.73 Å². The van der Waals surface area contributed by atoms with Gasteiger partial charge in [-0.1, -0.05) is 12.6 Å². The Hall–Kier alpha value is -2.64. The highest BCUT2D eigenvalue weighted by molar-refractivity contribution is 5.85. The van der Waals surface area contributed by atoms with Gasteiger partial charge in [-0.3, -0.25) is 0 Å². The number of anilines is 1. The number of nitrogens with zero attached hydrogens (tertiary/aromatic N) is 1. The Balaban J connectivity index is 2.67. The van der Waals surface area contributed by atoms with E-state index in [-0.39, 0.29) is 0 Å². The van der Waals surface area contributed by atoms with Gasteiger partial charge in [0.2, 0.25) is 0 Å². The molecule has 0 saturated heterocycles. The average Bonchev–Trinajstić information content (AvgIpc) is 2.87. The second kappa shape index (κ2) is 6.21. The minimum absolute atomic E-state index is 0.761. The molecule has 21 heavy (non-hydrogen) atoms. The van der Waals surface area contributed by atoms with E-state index in [1.807, 2.05) is 49.5 Å². The SMILES string of the molecule is C=C=Cc1[nH]ccc1/C(=C\N(C)C)c1cc(N)ccc1C. The zero-order valence-corrected chi connectivity index (χ0v) is 12.8. The van der Waals surface area contributed by atoms with Crippen molar-refractivity contribution in [3.05, 3.63) is 71.4 Å². The molecule has 0 bridgehead atoms. The zero-order chi connectivity index (χ0) is 15.4. The first kappa shape index (κ1) is 14.8. The molecular formula is C18H21N3. The maximum atomic E-state index is 5.97. The average molecular weight is 279 g/mol. The van der Waals surface area contributed by atoms with Crippen molar-refractivity contribution >= 4 is 17.3 Å². The Bertz CT molecular complexity index is 714. The highest BCUT2D eigenvalue weighted by Gasteiger charge is 2.13. The summed E-state index contributed by atoms with van der Waals surface area (Å²) in [6.45, 7) is 5.74. The van der Waals surface area contributed by atoms with Crippen molar-refractivity contribution in [1.82, 2.24) is 9.88 Å². The largest absolute Gasteiger partial charge is 0.399 e. The first-order chi connectivity index (χ1) is 10.0. The van der Waals surface area contributed by atoms with Gasteiger partial charge in [0.05, 0.1) is 5.69 Å². The lowest BCUT2D eigenvalue weighted by molar-refractivity contribution is 0.565. The molecule has 2 aromatic rings. The molecule has 2 rings (SSSR count). The summed E-state index contributed by atoms with van der Waals surface area (Å²) in [6.07, 6.45) is 5.87. The van der Waals surface area contributed by atoms with E-state index in [9.17, 15) is 0 Å². The van der Waals surface area contributed by atoms with Gasteiger partial charge >= 0.3 is 0 Å². The van der Waals surface area contributed by atoms with Crippen LogP contribution in [0.4, 0.5) is 5.69 Å². The topological polar surface area (TPSA) is 45.0 Å². The van der Waals surface area contributed by atoms with Crippen molar-refractivity contribution in [2.45, 2.75) is 6.92 Å². The standard InChI is InChI=1S/C18H21N3/c1-5-6-18-15(9-10-20-18)17(12-21(3)4)16-11-14(19)8-7-13(16)2/h6-12,20H,1,19H2,2-4H3/b17-12+. The lowest BCUT2D eigenvalue weighted by Crippen LogP contribution is -2.05. The van der Waals surface area contributed by atoms with Gasteiger partial charge in [-0.2, -0.15) is 0 Å². The second-order valence-corrected chi connectivity index (χ2v) is 5.23. The van der Waals surface area contributed by atoms with Gasteiger partial charge < -0.3 is 15.6 Å².